The number of anilines is 1. The van der Waals surface area contributed by atoms with Crippen LogP contribution in [0.3, 0.4) is 0 Å². The lowest BCUT2D eigenvalue weighted by atomic mass is 10.1. The Kier molecular flexibility index (Phi) is 12.5. The van der Waals surface area contributed by atoms with Crippen molar-refractivity contribution in [2.45, 2.75) is 57.5 Å². The highest BCUT2D eigenvalue weighted by molar-refractivity contribution is 7.92. The average molecular weight is 635 g/mol. The number of sulfonamides is 1. The molecule has 0 saturated heterocycles. The van der Waals surface area contributed by atoms with Crippen LogP contribution in [0, 0.1) is 0 Å². The number of nitrogens with one attached hydrogen (secondary N) is 1. The highest BCUT2D eigenvalue weighted by atomic mass is 35.5. The quantitative estimate of drug-likeness (QED) is 0.198. The summed E-state index contributed by atoms with van der Waals surface area (Å²) < 4.78 is 34.4. The molecule has 0 spiro atoms. The predicted octanol–water partition coefficient (Wildman–Crippen LogP) is 6.31. The Balaban J connectivity index is 2.06. The number of halogens is 2. The fourth-order valence-corrected chi connectivity index (χ4v) is 6.36. The minimum atomic E-state index is -4.17. The van der Waals surface area contributed by atoms with Gasteiger partial charge in [0.15, 0.2) is 0 Å². The third-order valence-electron chi connectivity index (χ3n) is 6.65. The summed E-state index contributed by atoms with van der Waals surface area (Å²) in [6.07, 6.45) is 1.97. The van der Waals surface area contributed by atoms with Gasteiger partial charge in [-0.15, -0.1) is 0 Å². The Morgan fingerprint density at radius 2 is 1.55 bits per heavy atom. The molecule has 0 aliphatic rings. The molecule has 0 aliphatic heterocycles. The average Bonchev–Trinajstić information content (AvgIpc) is 2.98. The molecule has 11 heteroatoms. The summed E-state index contributed by atoms with van der Waals surface area (Å²) in [6.45, 7) is 5.92. The highest BCUT2D eigenvalue weighted by Gasteiger charge is 2.34. The fourth-order valence-electron chi connectivity index (χ4n) is 4.40. The van der Waals surface area contributed by atoms with E-state index in [9.17, 15) is 18.0 Å². The molecule has 3 rings (SSSR count). The van der Waals surface area contributed by atoms with Gasteiger partial charge in [0.25, 0.3) is 10.0 Å². The number of hydrogen-bond donors (Lipinski definition) is 1. The van der Waals surface area contributed by atoms with Crippen molar-refractivity contribution in [1.29, 1.82) is 0 Å². The van der Waals surface area contributed by atoms with Crippen molar-refractivity contribution in [3.63, 3.8) is 0 Å². The van der Waals surface area contributed by atoms with Gasteiger partial charge in [0, 0.05) is 28.7 Å². The molecule has 2 amide bonds. The van der Waals surface area contributed by atoms with Gasteiger partial charge in [-0.25, -0.2) is 8.42 Å². The maximum absolute atomic E-state index is 14.2. The zero-order valence-electron chi connectivity index (χ0n) is 24.1. The zero-order chi connectivity index (χ0) is 30.7. The second-order valence-electron chi connectivity index (χ2n) is 9.54. The van der Waals surface area contributed by atoms with Crippen LogP contribution in [0.2, 0.25) is 10.0 Å². The van der Waals surface area contributed by atoms with Crippen LogP contribution in [0.1, 0.15) is 45.6 Å². The molecule has 3 aromatic carbocycles. The Hall–Kier alpha value is -3.27. The van der Waals surface area contributed by atoms with E-state index in [1.807, 2.05) is 13.8 Å². The number of nitrogens with zero attached hydrogens (tertiary/aromatic N) is 2. The van der Waals surface area contributed by atoms with Crippen molar-refractivity contribution in [2.75, 3.05) is 24.0 Å². The maximum atomic E-state index is 14.2. The van der Waals surface area contributed by atoms with Crippen molar-refractivity contribution in [1.82, 2.24) is 10.2 Å². The fraction of sp³-hybridized carbons (Fsp3) is 0.355. The van der Waals surface area contributed by atoms with Crippen LogP contribution in [-0.2, 0) is 26.2 Å². The lowest BCUT2D eigenvalue weighted by Crippen LogP contribution is -2.52. The van der Waals surface area contributed by atoms with Crippen molar-refractivity contribution in [3.8, 4) is 5.75 Å². The summed E-state index contributed by atoms with van der Waals surface area (Å²) >= 11 is 12.9. The van der Waals surface area contributed by atoms with Crippen LogP contribution < -0.4 is 14.4 Å². The Morgan fingerprint density at radius 3 is 2.12 bits per heavy atom. The molecule has 0 bridgehead atoms. The Bertz CT molecular complexity index is 1420. The molecule has 1 atom stereocenters. The van der Waals surface area contributed by atoms with Gasteiger partial charge in [-0.3, -0.25) is 13.9 Å². The lowest BCUT2D eigenvalue weighted by molar-refractivity contribution is -0.140. The molecule has 1 unspecified atom stereocenters. The van der Waals surface area contributed by atoms with Crippen molar-refractivity contribution < 1.29 is 22.7 Å². The third kappa shape index (κ3) is 8.40. The highest BCUT2D eigenvalue weighted by Crippen LogP contribution is 2.29. The van der Waals surface area contributed by atoms with E-state index in [1.165, 1.54) is 17.0 Å². The largest absolute Gasteiger partial charge is 0.494 e. The SMILES string of the molecule is CCCCNC(=O)C(CC)N(Cc1c(Cl)cccc1Cl)C(=O)CN(c1ccc(OCC)cc1)S(=O)(=O)c1ccccc1. The van der Waals surface area contributed by atoms with Gasteiger partial charge in [-0.05, 0) is 68.3 Å². The monoisotopic (exact) mass is 633 g/mol. The van der Waals surface area contributed by atoms with Gasteiger partial charge in [-0.2, -0.15) is 0 Å². The van der Waals surface area contributed by atoms with Crippen LogP contribution in [0.4, 0.5) is 5.69 Å². The number of carbonyl (C=O) groups excluding carboxylic acids is 2. The molecule has 226 valence electrons. The van der Waals surface area contributed by atoms with E-state index in [2.05, 4.69) is 5.32 Å². The molecule has 0 aliphatic carbocycles. The standard InChI is InChI=1S/C31H37Cl2N3O5S/c1-4-7-20-34-31(38)29(5-2)35(21-26-27(32)14-11-15-28(26)33)30(37)22-36(23-16-18-24(19-17-23)41-6-3)42(39,40)25-12-9-8-10-13-25/h8-19,29H,4-7,20-22H2,1-3H3,(H,34,38). The molecule has 0 aromatic heterocycles. The van der Waals surface area contributed by atoms with Crippen LogP contribution in [0.5, 0.6) is 5.75 Å². The van der Waals surface area contributed by atoms with E-state index in [-0.39, 0.29) is 23.0 Å². The molecule has 0 heterocycles. The third-order valence-corrected chi connectivity index (χ3v) is 9.15. The van der Waals surface area contributed by atoms with E-state index in [1.54, 1.807) is 67.6 Å². The van der Waals surface area contributed by atoms with Crippen LogP contribution in [0.25, 0.3) is 0 Å². The lowest BCUT2D eigenvalue weighted by Gasteiger charge is -2.33. The molecular weight excluding hydrogens is 597 g/mol. The van der Waals surface area contributed by atoms with Gasteiger partial charge < -0.3 is 15.0 Å². The number of ether oxygens (including phenoxy) is 1. The molecular formula is C31H37Cl2N3O5S. The van der Waals surface area contributed by atoms with E-state index in [4.69, 9.17) is 27.9 Å². The second-order valence-corrected chi connectivity index (χ2v) is 12.2. The summed E-state index contributed by atoms with van der Waals surface area (Å²) in [5.41, 5.74) is 0.736. The first-order valence-corrected chi connectivity index (χ1v) is 16.1. The van der Waals surface area contributed by atoms with E-state index >= 15 is 0 Å². The molecule has 0 saturated carbocycles. The topological polar surface area (TPSA) is 96.0 Å². The minimum absolute atomic E-state index is 0.0248. The van der Waals surface area contributed by atoms with E-state index in [0.29, 0.717) is 40.9 Å². The summed E-state index contributed by atoms with van der Waals surface area (Å²) in [7, 11) is -4.17. The molecule has 0 fully saturated rings. The normalized spacial score (nSPS) is 11.9. The number of rotatable bonds is 15. The number of hydrogen-bond acceptors (Lipinski definition) is 5. The second kappa shape index (κ2) is 15.8. The van der Waals surface area contributed by atoms with Crippen LogP contribution in [0.15, 0.2) is 77.7 Å². The van der Waals surface area contributed by atoms with Crippen molar-refractivity contribution in [3.05, 3.63) is 88.4 Å². The van der Waals surface area contributed by atoms with Crippen LogP contribution >= 0.6 is 23.2 Å². The molecule has 3 aromatic rings. The van der Waals surface area contributed by atoms with Gasteiger partial charge in [-0.1, -0.05) is 67.7 Å². The summed E-state index contributed by atoms with van der Waals surface area (Å²) in [5.74, 6) is -0.354. The number of carbonyl (C=O) groups is 2. The summed E-state index contributed by atoms with van der Waals surface area (Å²) in [6, 6.07) is 18.5. The number of amides is 2. The van der Waals surface area contributed by atoms with Gasteiger partial charge in [0.05, 0.1) is 17.2 Å². The van der Waals surface area contributed by atoms with Gasteiger partial charge >= 0.3 is 0 Å². The number of benzene rings is 3. The van der Waals surface area contributed by atoms with Gasteiger partial charge in [0.2, 0.25) is 11.8 Å². The van der Waals surface area contributed by atoms with Gasteiger partial charge in [0.1, 0.15) is 18.3 Å². The molecule has 1 N–H and O–H groups in total. The zero-order valence-corrected chi connectivity index (χ0v) is 26.4. The van der Waals surface area contributed by atoms with Crippen molar-refractivity contribution in [2.24, 2.45) is 0 Å². The molecule has 0 radical (unpaired) electrons. The smallest absolute Gasteiger partial charge is 0.264 e. The number of unbranched alkanes of at least 4 members (excludes halogenated alkanes) is 1. The summed E-state index contributed by atoms with van der Waals surface area (Å²) in [4.78, 5) is 28.9. The molecule has 8 nitrogen and oxygen atoms in total. The first-order valence-electron chi connectivity index (χ1n) is 13.9. The Morgan fingerprint density at radius 1 is 0.905 bits per heavy atom. The maximum Gasteiger partial charge on any atom is 0.264 e. The first kappa shape index (κ1) is 33.2. The van der Waals surface area contributed by atoms with E-state index < -0.39 is 28.5 Å². The molecule has 42 heavy (non-hydrogen) atoms. The predicted molar refractivity (Wildman–Crippen MR) is 168 cm³/mol. The van der Waals surface area contributed by atoms with Crippen molar-refractivity contribution >= 4 is 50.7 Å². The Labute approximate surface area is 258 Å². The first-order chi connectivity index (χ1) is 20.1. The summed E-state index contributed by atoms with van der Waals surface area (Å²) in [5, 5.41) is 3.57. The van der Waals surface area contributed by atoms with E-state index in [0.717, 1.165) is 17.1 Å². The van der Waals surface area contributed by atoms with Crippen LogP contribution in [-0.4, -0.2) is 50.9 Å². The minimum Gasteiger partial charge on any atom is -0.494 e.